The van der Waals surface area contributed by atoms with Crippen LogP contribution in [0.3, 0.4) is 0 Å². The van der Waals surface area contributed by atoms with Gasteiger partial charge in [0.15, 0.2) is 11.5 Å². The van der Waals surface area contributed by atoms with Crippen LogP contribution in [-0.2, 0) is 11.3 Å². The lowest BCUT2D eigenvalue weighted by Crippen LogP contribution is -2.59. The first kappa shape index (κ1) is 20.3. The lowest BCUT2D eigenvalue weighted by Gasteiger charge is -2.48. The van der Waals surface area contributed by atoms with Gasteiger partial charge < -0.3 is 19.5 Å². The molecule has 27 heavy (non-hydrogen) atoms. The van der Waals surface area contributed by atoms with E-state index in [1.54, 1.807) is 18.2 Å². The number of nitrogens with zero attached hydrogens (tertiary/aromatic N) is 1. The summed E-state index contributed by atoms with van der Waals surface area (Å²) in [7, 11) is 1.46. The smallest absolute Gasteiger partial charge is 0.387 e. The number of hydrogen-bond acceptors (Lipinski definition) is 5. The quantitative estimate of drug-likeness (QED) is 0.744. The van der Waals surface area contributed by atoms with Gasteiger partial charge in [-0.1, -0.05) is 25.3 Å². The van der Waals surface area contributed by atoms with E-state index in [2.05, 4.69) is 15.0 Å². The second-order valence-corrected chi connectivity index (χ2v) is 7.35. The normalized spacial score (nSPS) is 20.6. The van der Waals surface area contributed by atoms with Crippen LogP contribution >= 0.6 is 0 Å². The van der Waals surface area contributed by atoms with E-state index in [4.69, 9.17) is 9.47 Å². The molecule has 1 aliphatic heterocycles. The van der Waals surface area contributed by atoms with Crippen LogP contribution in [0.15, 0.2) is 18.2 Å². The minimum absolute atomic E-state index is 0.0633. The van der Waals surface area contributed by atoms with Gasteiger partial charge in [-0.05, 0) is 30.5 Å². The van der Waals surface area contributed by atoms with Crippen molar-refractivity contribution in [2.75, 3.05) is 40.0 Å². The van der Waals surface area contributed by atoms with E-state index >= 15 is 0 Å². The molecule has 0 amide bonds. The monoisotopic (exact) mass is 384 g/mol. The molecule has 1 N–H and O–H groups in total. The average Bonchev–Trinajstić information content (AvgIpc) is 2.70. The summed E-state index contributed by atoms with van der Waals surface area (Å²) in [4.78, 5) is 2.60. The molecule has 3 rings (SSSR count). The zero-order valence-electron chi connectivity index (χ0n) is 16.0. The first-order valence-corrected chi connectivity index (χ1v) is 9.78. The van der Waals surface area contributed by atoms with Crippen LogP contribution in [-0.4, -0.2) is 57.0 Å². The highest BCUT2D eigenvalue weighted by atomic mass is 19.3. The van der Waals surface area contributed by atoms with Crippen LogP contribution in [0.1, 0.15) is 37.7 Å². The zero-order chi connectivity index (χ0) is 19.1. The second-order valence-electron chi connectivity index (χ2n) is 7.35. The van der Waals surface area contributed by atoms with Gasteiger partial charge in [0.1, 0.15) is 0 Å². The second kappa shape index (κ2) is 9.66. The van der Waals surface area contributed by atoms with Crippen molar-refractivity contribution >= 4 is 0 Å². The fourth-order valence-electron chi connectivity index (χ4n) is 4.31. The molecule has 7 heteroatoms. The third-order valence-corrected chi connectivity index (χ3v) is 5.69. The highest BCUT2D eigenvalue weighted by molar-refractivity contribution is 5.43. The van der Waals surface area contributed by atoms with Gasteiger partial charge in [0.05, 0.1) is 20.3 Å². The summed E-state index contributed by atoms with van der Waals surface area (Å²) < 4.78 is 40.1. The first-order valence-electron chi connectivity index (χ1n) is 9.78. The van der Waals surface area contributed by atoms with Crippen LogP contribution in [0.5, 0.6) is 11.5 Å². The van der Waals surface area contributed by atoms with Gasteiger partial charge in [-0.15, -0.1) is 0 Å². The molecule has 0 unspecified atom stereocenters. The van der Waals surface area contributed by atoms with Crippen molar-refractivity contribution in [2.24, 2.45) is 0 Å². The van der Waals surface area contributed by atoms with Gasteiger partial charge in [-0.2, -0.15) is 8.78 Å². The Bertz CT molecular complexity index is 589. The fraction of sp³-hybridized carbons (Fsp3) is 0.700. The minimum atomic E-state index is -2.86. The highest BCUT2D eigenvalue weighted by Gasteiger charge is 2.38. The molecule has 0 radical (unpaired) electrons. The molecule has 2 fully saturated rings. The van der Waals surface area contributed by atoms with Crippen molar-refractivity contribution in [2.45, 2.75) is 50.8 Å². The van der Waals surface area contributed by atoms with Gasteiger partial charge in [0.2, 0.25) is 0 Å². The minimum Gasteiger partial charge on any atom is -0.493 e. The van der Waals surface area contributed by atoms with Crippen LogP contribution in [0, 0.1) is 0 Å². The van der Waals surface area contributed by atoms with Crippen LogP contribution in [0.2, 0.25) is 0 Å². The molecule has 0 atom stereocenters. The molecule has 0 aromatic heterocycles. The topological polar surface area (TPSA) is 43.0 Å². The Balaban J connectivity index is 1.61. The Morgan fingerprint density at radius 3 is 2.56 bits per heavy atom. The maximum atomic E-state index is 12.5. The van der Waals surface area contributed by atoms with Crippen molar-refractivity contribution < 1.29 is 23.0 Å². The summed E-state index contributed by atoms with van der Waals surface area (Å²) in [6.07, 6.45) is 6.28. The molecule has 0 bridgehead atoms. The van der Waals surface area contributed by atoms with E-state index in [0.717, 1.165) is 38.4 Å². The molecular formula is C20H30F2N2O3. The van der Waals surface area contributed by atoms with E-state index in [0.29, 0.717) is 12.3 Å². The van der Waals surface area contributed by atoms with E-state index in [-0.39, 0.29) is 11.3 Å². The summed E-state index contributed by atoms with van der Waals surface area (Å²) in [5, 5.41) is 3.59. The number of hydrogen-bond donors (Lipinski definition) is 1. The molecule has 1 aliphatic carbocycles. The van der Waals surface area contributed by atoms with E-state index in [1.165, 1.54) is 39.2 Å². The standard InChI is InChI=1S/C20H30F2N2O3/c1-25-18-13-16(5-6-17(18)27-19(21)22)14-23-15-20(7-3-2-4-8-20)24-9-11-26-12-10-24/h5-6,13,19,23H,2-4,7-12,14-15H2,1H3. The molecular weight excluding hydrogens is 354 g/mol. The average molecular weight is 384 g/mol. The molecule has 1 aromatic rings. The SMILES string of the molecule is COc1cc(CNCC2(N3CCOCC3)CCCCC2)ccc1OC(F)F. The zero-order valence-corrected chi connectivity index (χ0v) is 16.0. The molecule has 5 nitrogen and oxygen atoms in total. The molecule has 152 valence electrons. The number of morpholine rings is 1. The molecule has 1 heterocycles. The summed E-state index contributed by atoms with van der Waals surface area (Å²) in [5.41, 5.74) is 1.19. The largest absolute Gasteiger partial charge is 0.493 e. The molecule has 1 saturated carbocycles. The number of methoxy groups -OCH3 is 1. The Morgan fingerprint density at radius 2 is 1.89 bits per heavy atom. The van der Waals surface area contributed by atoms with E-state index < -0.39 is 6.61 Å². The lowest BCUT2D eigenvalue weighted by atomic mass is 9.79. The Morgan fingerprint density at radius 1 is 1.15 bits per heavy atom. The van der Waals surface area contributed by atoms with E-state index in [9.17, 15) is 8.78 Å². The lowest BCUT2D eigenvalue weighted by molar-refractivity contribution is -0.0512. The van der Waals surface area contributed by atoms with Crippen LogP contribution < -0.4 is 14.8 Å². The maximum Gasteiger partial charge on any atom is 0.387 e. The molecule has 2 aliphatic rings. The number of benzene rings is 1. The fourth-order valence-corrected chi connectivity index (χ4v) is 4.31. The summed E-state index contributed by atoms with van der Waals surface area (Å²) in [5.74, 6) is 0.392. The van der Waals surface area contributed by atoms with Crippen LogP contribution in [0.25, 0.3) is 0 Å². The Hall–Kier alpha value is -1.44. The molecule has 1 saturated heterocycles. The van der Waals surface area contributed by atoms with Crippen molar-refractivity contribution in [1.82, 2.24) is 10.2 Å². The number of nitrogens with one attached hydrogen (secondary N) is 1. The first-order chi connectivity index (χ1) is 13.1. The third kappa shape index (κ3) is 5.30. The van der Waals surface area contributed by atoms with Crippen molar-refractivity contribution in [3.8, 4) is 11.5 Å². The van der Waals surface area contributed by atoms with Crippen molar-refractivity contribution in [3.63, 3.8) is 0 Å². The summed E-state index contributed by atoms with van der Waals surface area (Å²) >= 11 is 0. The van der Waals surface area contributed by atoms with Gasteiger partial charge in [-0.25, -0.2) is 0 Å². The third-order valence-electron chi connectivity index (χ3n) is 5.69. The van der Waals surface area contributed by atoms with Gasteiger partial charge >= 0.3 is 6.61 Å². The van der Waals surface area contributed by atoms with Gasteiger partial charge in [0, 0.05) is 31.7 Å². The Labute approximate surface area is 160 Å². The number of alkyl halides is 2. The summed E-state index contributed by atoms with van der Waals surface area (Å²) in [6, 6.07) is 5.10. The number of rotatable bonds is 8. The predicted molar refractivity (Wildman–Crippen MR) is 99.5 cm³/mol. The maximum absolute atomic E-state index is 12.5. The van der Waals surface area contributed by atoms with Crippen molar-refractivity contribution in [3.05, 3.63) is 23.8 Å². The molecule has 1 aromatic carbocycles. The molecule has 0 spiro atoms. The highest BCUT2D eigenvalue weighted by Crippen LogP contribution is 2.34. The number of ether oxygens (including phenoxy) is 3. The number of halogens is 2. The van der Waals surface area contributed by atoms with E-state index in [1.807, 2.05) is 0 Å². The van der Waals surface area contributed by atoms with Gasteiger partial charge in [-0.3, -0.25) is 4.90 Å². The van der Waals surface area contributed by atoms with Gasteiger partial charge in [0.25, 0.3) is 0 Å². The van der Waals surface area contributed by atoms with Crippen molar-refractivity contribution in [1.29, 1.82) is 0 Å². The Kier molecular flexibility index (Phi) is 7.26. The van der Waals surface area contributed by atoms with Crippen LogP contribution in [0.4, 0.5) is 8.78 Å². The predicted octanol–water partition coefficient (Wildman–Crippen LogP) is 3.42. The summed E-state index contributed by atoms with van der Waals surface area (Å²) in [6.45, 7) is 2.34.